The molecule has 1 amide bonds. The predicted octanol–water partition coefficient (Wildman–Crippen LogP) is 4.72. The molecule has 178 valence electrons. The fourth-order valence-electron chi connectivity index (χ4n) is 3.02. The van der Waals surface area contributed by atoms with E-state index in [0.717, 1.165) is 22.4 Å². The van der Waals surface area contributed by atoms with E-state index < -0.39 is 6.43 Å². The number of ether oxygens (including phenoxy) is 2. The molecule has 10 heteroatoms. The van der Waals surface area contributed by atoms with Crippen LogP contribution in [0.3, 0.4) is 0 Å². The van der Waals surface area contributed by atoms with Crippen LogP contribution >= 0.6 is 11.8 Å². The molecule has 0 bridgehead atoms. The number of aromatic nitrogens is 2. The Morgan fingerprint density at radius 2 is 1.88 bits per heavy atom. The number of hydrazone groups is 1. The van der Waals surface area contributed by atoms with Gasteiger partial charge in [-0.2, -0.15) is 5.10 Å². The van der Waals surface area contributed by atoms with Crippen molar-refractivity contribution < 1.29 is 23.0 Å². The van der Waals surface area contributed by atoms with Crippen LogP contribution in [0.15, 0.2) is 58.8 Å². The van der Waals surface area contributed by atoms with E-state index in [-0.39, 0.29) is 23.2 Å². The highest BCUT2D eigenvalue weighted by atomic mass is 32.2. The third-order valence-corrected chi connectivity index (χ3v) is 5.56. The van der Waals surface area contributed by atoms with Gasteiger partial charge in [0.1, 0.15) is 17.2 Å². The Balaban J connectivity index is 1.62. The molecule has 0 aliphatic heterocycles. The molecule has 0 fully saturated rings. The molecule has 1 aromatic heterocycles. The van der Waals surface area contributed by atoms with Crippen LogP contribution in [-0.4, -0.2) is 36.3 Å². The Kier molecular flexibility index (Phi) is 8.92. The fourth-order valence-corrected chi connectivity index (χ4v) is 3.91. The van der Waals surface area contributed by atoms with Gasteiger partial charge in [0.05, 0.1) is 26.9 Å². The highest BCUT2D eigenvalue weighted by Crippen LogP contribution is 2.28. The van der Waals surface area contributed by atoms with E-state index in [1.54, 1.807) is 45.4 Å². The van der Waals surface area contributed by atoms with Gasteiger partial charge in [0.2, 0.25) is 5.91 Å². The molecule has 0 aliphatic carbocycles. The zero-order valence-electron chi connectivity index (χ0n) is 18.9. The Hall–Kier alpha value is -3.53. The van der Waals surface area contributed by atoms with Crippen LogP contribution in [0.25, 0.3) is 0 Å². The van der Waals surface area contributed by atoms with Crippen LogP contribution in [0.2, 0.25) is 0 Å². The van der Waals surface area contributed by atoms with Gasteiger partial charge in [-0.05, 0) is 54.4 Å². The zero-order valence-corrected chi connectivity index (χ0v) is 19.7. The van der Waals surface area contributed by atoms with Crippen molar-refractivity contribution in [2.24, 2.45) is 5.10 Å². The lowest BCUT2D eigenvalue weighted by Crippen LogP contribution is -2.19. The zero-order chi connectivity index (χ0) is 24.5. The lowest BCUT2D eigenvalue weighted by molar-refractivity contribution is -0.120. The number of aryl methyl sites for hydroxylation is 1. The number of carbonyl (C=O) groups is 1. The number of hydrogen-bond acceptors (Lipinski definition) is 7. The standard InChI is InChI=1S/C24H24F2N4O3S/c1-15-10-20(23(25)26)29-24(28-15)34-14-18-11-17(6-9-21(18)33-3)13-27-30-22(31)12-16-4-7-19(32-2)8-5-16/h4-11,13,23H,12,14H2,1-3H3,(H,30,31)/b27-13+. The minimum atomic E-state index is -2.66. The largest absolute Gasteiger partial charge is 0.497 e. The highest BCUT2D eigenvalue weighted by molar-refractivity contribution is 7.98. The van der Waals surface area contributed by atoms with Gasteiger partial charge in [0.25, 0.3) is 6.43 Å². The van der Waals surface area contributed by atoms with Crippen molar-refractivity contribution in [3.8, 4) is 11.5 Å². The van der Waals surface area contributed by atoms with E-state index in [1.807, 2.05) is 18.2 Å². The van der Waals surface area contributed by atoms with Crippen LogP contribution < -0.4 is 14.9 Å². The molecular weight excluding hydrogens is 462 g/mol. The Labute approximate surface area is 200 Å². The van der Waals surface area contributed by atoms with Crippen LogP contribution in [0.1, 0.15) is 34.5 Å². The number of carbonyl (C=O) groups excluding carboxylic acids is 1. The van der Waals surface area contributed by atoms with Gasteiger partial charge >= 0.3 is 0 Å². The Morgan fingerprint density at radius 1 is 1.12 bits per heavy atom. The molecule has 0 radical (unpaired) electrons. The van der Waals surface area contributed by atoms with E-state index >= 15 is 0 Å². The first-order chi connectivity index (χ1) is 16.4. The molecule has 3 rings (SSSR count). The molecule has 2 aromatic carbocycles. The maximum Gasteiger partial charge on any atom is 0.280 e. The summed E-state index contributed by atoms with van der Waals surface area (Å²) < 4.78 is 36.5. The second-order valence-electron chi connectivity index (χ2n) is 7.20. The molecule has 0 saturated carbocycles. The number of halogens is 2. The number of rotatable bonds is 10. The van der Waals surface area contributed by atoms with Crippen LogP contribution in [0.5, 0.6) is 11.5 Å². The van der Waals surface area contributed by atoms with E-state index in [2.05, 4.69) is 20.5 Å². The summed E-state index contributed by atoms with van der Waals surface area (Å²) in [5.41, 5.74) is 5.07. The molecular formula is C24H24F2N4O3S. The lowest BCUT2D eigenvalue weighted by Gasteiger charge is -2.10. The molecule has 3 aromatic rings. The second kappa shape index (κ2) is 12.1. The maximum absolute atomic E-state index is 13.0. The number of thioether (sulfide) groups is 1. The molecule has 0 atom stereocenters. The highest BCUT2D eigenvalue weighted by Gasteiger charge is 2.13. The van der Waals surface area contributed by atoms with Crippen LogP contribution in [-0.2, 0) is 17.0 Å². The normalized spacial score (nSPS) is 11.1. The SMILES string of the molecule is COc1ccc(CC(=O)N/N=C/c2ccc(OC)c(CSc3nc(C)cc(C(F)F)n3)c2)cc1. The molecule has 1 heterocycles. The average Bonchev–Trinajstić information content (AvgIpc) is 2.83. The van der Waals surface area contributed by atoms with E-state index in [1.165, 1.54) is 24.0 Å². The fraction of sp³-hybridized carbons (Fsp3) is 0.250. The van der Waals surface area contributed by atoms with Gasteiger partial charge < -0.3 is 9.47 Å². The number of alkyl halides is 2. The molecule has 7 nitrogen and oxygen atoms in total. The van der Waals surface area contributed by atoms with Crippen molar-refractivity contribution in [3.63, 3.8) is 0 Å². The summed E-state index contributed by atoms with van der Waals surface area (Å²) in [6.45, 7) is 1.65. The van der Waals surface area contributed by atoms with E-state index in [4.69, 9.17) is 9.47 Å². The van der Waals surface area contributed by atoms with Gasteiger partial charge in [0.15, 0.2) is 5.16 Å². The number of hydrogen-bond donors (Lipinski definition) is 1. The first-order valence-corrected chi connectivity index (χ1v) is 11.2. The first-order valence-electron chi connectivity index (χ1n) is 10.3. The number of benzene rings is 2. The third kappa shape index (κ3) is 7.24. The van der Waals surface area contributed by atoms with Crippen molar-refractivity contribution in [2.45, 2.75) is 30.7 Å². The summed E-state index contributed by atoms with van der Waals surface area (Å²) in [4.78, 5) is 20.3. The quantitative estimate of drug-likeness (QED) is 0.193. The van der Waals surface area contributed by atoms with Crippen molar-refractivity contribution in [3.05, 3.63) is 76.6 Å². The predicted molar refractivity (Wildman–Crippen MR) is 127 cm³/mol. The van der Waals surface area contributed by atoms with E-state index in [0.29, 0.717) is 17.2 Å². The van der Waals surface area contributed by atoms with Gasteiger partial charge in [-0.15, -0.1) is 0 Å². The molecule has 34 heavy (non-hydrogen) atoms. The lowest BCUT2D eigenvalue weighted by atomic mass is 10.1. The minimum absolute atomic E-state index is 0.183. The summed E-state index contributed by atoms with van der Waals surface area (Å²) in [6.07, 6.45) is -0.948. The minimum Gasteiger partial charge on any atom is -0.497 e. The molecule has 0 spiro atoms. The topological polar surface area (TPSA) is 85.7 Å². The summed E-state index contributed by atoms with van der Waals surface area (Å²) in [5.74, 6) is 1.51. The van der Waals surface area contributed by atoms with Gasteiger partial charge in [-0.3, -0.25) is 4.79 Å². The van der Waals surface area contributed by atoms with Crippen molar-refractivity contribution in [2.75, 3.05) is 14.2 Å². The molecule has 0 aliphatic rings. The molecule has 1 N–H and O–H groups in total. The smallest absolute Gasteiger partial charge is 0.280 e. The average molecular weight is 487 g/mol. The van der Waals surface area contributed by atoms with Crippen molar-refractivity contribution in [1.29, 1.82) is 0 Å². The summed E-state index contributed by atoms with van der Waals surface area (Å²) >= 11 is 1.23. The first kappa shape index (κ1) is 25.1. The third-order valence-electron chi connectivity index (χ3n) is 4.66. The van der Waals surface area contributed by atoms with Gasteiger partial charge in [-0.25, -0.2) is 24.2 Å². The molecule has 0 saturated heterocycles. The monoisotopic (exact) mass is 486 g/mol. The van der Waals surface area contributed by atoms with Gasteiger partial charge in [0, 0.05) is 17.0 Å². The number of methoxy groups -OCH3 is 2. The number of nitrogens with one attached hydrogen (secondary N) is 1. The van der Waals surface area contributed by atoms with Crippen LogP contribution in [0.4, 0.5) is 8.78 Å². The Morgan fingerprint density at radius 3 is 2.56 bits per heavy atom. The maximum atomic E-state index is 13.0. The Bertz CT molecular complexity index is 1160. The summed E-state index contributed by atoms with van der Waals surface area (Å²) in [6, 6.07) is 13.9. The van der Waals surface area contributed by atoms with E-state index in [9.17, 15) is 13.6 Å². The van der Waals surface area contributed by atoms with Crippen molar-refractivity contribution >= 4 is 23.9 Å². The number of amides is 1. The molecule has 0 unspecified atom stereocenters. The summed E-state index contributed by atoms with van der Waals surface area (Å²) in [5, 5.41) is 4.29. The van der Waals surface area contributed by atoms with Gasteiger partial charge in [-0.1, -0.05) is 23.9 Å². The number of nitrogens with zero attached hydrogens (tertiary/aromatic N) is 3. The van der Waals surface area contributed by atoms with Crippen molar-refractivity contribution in [1.82, 2.24) is 15.4 Å². The summed E-state index contributed by atoms with van der Waals surface area (Å²) in [7, 11) is 3.13. The van der Waals surface area contributed by atoms with Crippen LogP contribution in [0, 0.1) is 6.92 Å². The second-order valence-corrected chi connectivity index (χ2v) is 8.14.